The average Bonchev–Trinajstić information content (AvgIpc) is 2.62. The molecule has 0 amide bonds. The number of carbonyl (C=O) groups excluding carboxylic acids is 1. The summed E-state index contributed by atoms with van der Waals surface area (Å²) in [6.45, 7) is 1.78. The predicted octanol–water partition coefficient (Wildman–Crippen LogP) is 5.02. The Morgan fingerprint density at radius 1 is 0.870 bits per heavy atom. The van der Waals surface area contributed by atoms with Crippen molar-refractivity contribution in [2.45, 2.75) is 19.8 Å². The summed E-state index contributed by atoms with van der Waals surface area (Å²) in [7, 11) is 1.41. The molecule has 0 spiro atoms. The smallest absolute Gasteiger partial charge is 0.333 e. The van der Waals surface area contributed by atoms with Crippen molar-refractivity contribution in [3.63, 3.8) is 0 Å². The van der Waals surface area contributed by atoms with Gasteiger partial charge in [0.05, 0.1) is 7.11 Å². The Morgan fingerprint density at radius 2 is 1.35 bits per heavy atom. The molecule has 2 aromatic carbocycles. The first-order valence-electron chi connectivity index (χ1n) is 7.78. The Morgan fingerprint density at radius 3 is 1.83 bits per heavy atom. The van der Waals surface area contributed by atoms with Gasteiger partial charge in [0.15, 0.2) is 0 Å². The van der Waals surface area contributed by atoms with Crippen LogP contribution in [-0.2, 0) is 9.53 Å². The second-order valence-corrected chi connectivity index (χ2v) is 5.31. The van der Waals surface area contributed by atoms with Gasteiger partial charge in [-0.2, -0.15) is 0 Å². The van der Waals surface area contributed by atoms with E-state index in [1.807, 2.05) is 42.5 Å². The molecule has 0 aliphatic carbocycles. The standard InChI is InChI=1S/C21H22O2/c1-17(21(22)23-2)11-9-10-16-20(18-12-5-3-6-13-18)19-14-7-4-8-15-19/h3-8,11-16H,9-10H2,1-2H3/b17-11+. The number of hydrogen-bond donors (Lipinski definition) is 0. The zero-order chi connectivity index (χ0) is 16.5. The summed E-state index contributed by atoms with van der Waals surface area (Å²) >= 11 is 0. The van der Waals surface area contributed by atoms with Crippen molar-refractivity contribution in [3.05, 3.63) is 89.5 Å². The van der Waals surface area contributed by atoms with Crippen LogP contribution in [0.25, 0.3) is 5.57 Å². The Labute approximate surface area is 138 Å². The Bertz CT molecular complexity index is 641. The van der Waals surface area contributed by atoms with Gasteiger partial charge in [-0.25, -0.2) is 4.79 Å². The highest BCUT2D eigenvalue weighted by Crippen LogP contribution is 2.24. The van der Waals surface area contributed by atoms with Crippen LogP contribution in [0.3, 0.4) is 0 Å². The van der Waals surface area contributed by atoms with E-state index in [4.69, 9.17) is 4.74 Å². The highest BCUT2D eigenvalue weighted by molar-refractivity contribution is 5.87. The van der Waals surface area contributed by atoms with Crippen molar-refractivity contribution in [2.24, 2.45) is 0 Å². The summed E-state index contributed by atoms with van der Waals surface area (Å²) in [5, 5.41) is 0. The van der Waals surface area contributed by atoms with E-state index in [0.717, 1.165) is 12.8 Å². The van der Waals surface area contributed by atoms with Gasteiger partial charge in [-0.05, 0) is 36.5 Å². The second kappa shape index (κ2) is 8.74. The fraction of sp³-hybridized carbons (Fsp3) is 0.190. The van der Waals surface area contributed by atoms with E-state index >= 15 is 0 Å². The first-order valence-corrected chi connectivity index (χ1v) is 7.78. The number of rotatable bonds is 6. The lowest BCUT2D eigenvalue weighted by Gasteiger charge is -2.08. The maximum absolute atomic E-state index is 11.4. The second-order valence-electron chi connectivity index (χ2n) is 5.31. The first-order chi connectivity index (χ1) is 11.2. The number of allylic oxidation sites excluding steroid dienone is 2. The number of carbonyl (C=O) groups is 1. The van der Waals surface area contributed by atoms with Crippen molar-refractivity contribution in [1.29, 1.82) is 0 Å². The minimum atomic E-state index is -0.264. The van der Waals surface area contributed by atoms with Gasteiger partial charge in [-0.1, -0.05) is 72.8 Å². The van der Waals surface area contributed by atoms with Gasteiger partial charge in [-0.3, -0.25) is 0 Å². The molecule has 0 N–H and O–H groups in total. The van der Waals surface area contributed by atoms with Gasteiger partial charge in [0.25, 0.3) is 0 Å². The van der Waals surface area contributed by atoms with Gasteiger partial charge in [0, 0.05) is 5.57 Å². The maximum Gasteiger partial charge on any atom is 0.333 e. The average molecular weight is 306 g/mol. The molecule has 0 saturated heterocycles. The number of ether oxygens (including phenoxy) is 1. The zero-order valence-corrected chi connectivity index (χ0v) is 13.7. The summed E-state index contributed by atoms with van der Waals surface area (Å²) in [4.78, 5) is 11.4. The Hall–Kier alpha value is -2.61. The topological polar surface area (TPSA) is 26.3 Å². The van der Waals surface area contributed by atoms with E-state index in [1.54, 1.807) is 6.92 Å². The normalized spacial score (nSPS) is 11.0. The maximum atomic E-state index is 11.4. The fourth-order valence-electron chi connectivity index (χ4n) is 2.41. The zero-order valence-electron chi connectivity index (χ0n) is 13.7. The first kappa shape index (κ1) is 16.8. The van der Waals surface area contributed by atoms with Gasteiger partial charge < -0.3 is 4.74 Å². The number of methoxy groups -OCH3 is 1. The van der Waals surface area contributed by atoms with Crippen LogP contribution in [0.4, 0.5) is 0 Å². The van der Waals surface area contributed by atoms with Crippen LogP contribution in [-0.4, -0.2) is 13.1 Å². The summed E-state index contributed by atoms with van der Waals surface area (Å²) < 4.78 is 4.71. The largest absolute Gasteiger partial charge is 0.466 e. The summed E-state index contributed by atoms with van der Waals surface area (Å²) in [5.74, 6) is -0.264. The van der Waals surface area contributed by atoms with Crippen molar-refractivity contribution >= 4 is 11.5 Å². The third-order valence-electron chi connectivity index (χ3n) is 3.64. The van der Waals surface area contributed by atoms with Gasteiger partial charge in [0.2, 0.25) is 0 Å². The molecule has 2 aromatic rings. The number of esters is 1. The van der Waals surface area contributed by atoms with Crippen LogP contribution >= 0.6 is 0 Å². The van der Waals surface area contributed by atoms with Crippen LogP contribution in [0.2, 0.25) is 0 Å². The predicted molar refractivity (Wildman–Crippen MR) is 95.0 cm³/mol. The lowest BCUT2D eigenvalue weighted by Crippen LogP contribution is -2.01. The van der Waals surface area contributed by atoms with Gasteiger partial charge in [-0.15, -0.1) is 0 Å². The van der Waals surface area contributed by atoms with E-state index in [0.29, 0.717) is 5.57 Å². The molecule has 0 aliphatic rings. The third-order valence-corrected chi connectivity index (χ3v) is 3.64. The summed E-state index contributed by atoms with van der Waals surface area (Å²) in [6.07, 6.45) is 5.83. The van der Waals surface area contributed by atoms with Gasteiger partial charge >= 0.3 is 5.97 Å². The Balaban J connectivity index is 2.17. The molecule has 0 aliphatic heterocycles. The van der Waals surface area contributed by atoms with Crippen LogP contribution in [0.1, 0.15) is 30.9 Å². The van der Waals surface area contributed by atoms with Crippen molar-refractivity contribution in [1.82, 2.24) is 0 Å². The number of hydrogen-bond acceptors (Lipinski definition) is 2. The van der Waals surface area contributed by atoms with E-state index < -0.39 is 0 Å². The molecule has 0 fully saturated rings. The molecule has 0 atom stereocenters. The summed E-state index contributed by atoms with van der Waals surface area (Å²) in [5.41, 5.74) is 4.27. The SMILES string of the molecule is COC(=O)/C(C)=C/CCC=C(c1ccccc1)c1ccccc1. The van der Waals surface area contributed by atoms with Gasteiger partial charge in [0.1, 0.15) is 0 Å². The number of unbranched alkanes of at least 4 members (excludes halogenated alkanes) is 1. The van der Waals surface area contributed by atoms with Crippen LogP contribution in [0.15, 0.2) is 78.4 Å². The molecular formula is C21H22O2. The molecule has 118 valence electrons. The quantitative estimate of drug-likeness (QED) is 0.425. The fourth-order valence-corrected chi connectivity index (χ4v) is 2.41. The third kappa shape index (κ3) is 4.96. The molecule has 0 heterocycles. The summed E-state index contributed by atoms with van der Waals surface area (Å²) in [6, 6.07) is 20.7. The highest BCUT2D eigenvalue weighted by Gasteiger charge is 2.04. The lowest BCUT2D eigenvalue weighted by molar-refractivity contribution is -0.136. The van der Waals surface area contributed by atoms with E-state index in [-0.39, 0.29) is 5.97 Å². The molecule has 0 bridgehead atoms. The molecule has 0 radical (unpaired) electrons. The molecule has 2 nitrogen and oxygen atoms in total. The van der Waals surface area contributed by atoms with Crippen LogP contribution in [0.5, 0.6) is 0 Å². The van der Waals surface area contributed by atoms with E-state index in [2.05, 4.69) is 30.3 Å². The van der Waals surface area contributed by atoms with E-state index in [9.17, 15) is 4.79 Å². The molecule has 0 aromatic heterocycles. The van der Waals surface area contributed by atoms with E-state index in [1.165, 1.54) is 23.8 Å². The lowest BCUT2D eigenvalue weighted by atomic mass is 9.96. The minimum absolute atomic E-state index is 0.264. The van der Waals surface area contributed by atoms with Crippen molar-refractivity contribution in [2.75, 3.05) is 7.11 Å². The monoisotopic (exact) mass is 306 g/mol. The van der Waals surface area contributed by atoms with Crippen molar-refractivity contribution in [3.8, 4) is 0 Å². The molecule has 2 rings (SSSR count). The molecule has 0 unspecified atom stereocenters. The minimum Gasteiger partial charge on any atom is -0.466 e. The van der Waals surface area contributed by atoms with Crippen LogP contribution < -0.4 is 0 Å². The molecule has 2 heteroatoms. The van der Waals surface area contributed by atoms with Crippen molar-refractivity contribution < 1.29 is 9.53 Å². The van der Waals surface area contributed by atoms with Crippen LogP contribution in [0, 0.1) is 0 Å². The molecule has 23 heavy (non-hydrogen) atoms. The number of benzene rings is 2. The highest BCUT2D eigenvalue weighted by atomic mass is 16.5. The molecule has 0 saturated carbocycles. The Kier molecular flexibility index (Phi) is 6.37. The molecular weight excluding hydrogens is 284 g/mol.